The van der Waals surface area contributed by atoms with E-state index in [9.17, 15) is 24.3 Å². The first-order valence-corrected chi connectivity index (χ1v) is 9.12. The van der Waals surface area contributed by atoms with Crippen LogP contribution in [0.2, 0.25) is 5.02 Å². The third-order valence-corrected chi connectivity index (χ3v) is 5.03. The number of nitrogens with one attached hydrogen (secondary N) is 1. The van der Waals surface area contributed by atoms with Gasteiger partial charge < -0.3 is 14.5 Å². The van der Waals surface area contributed by atoms with Crippen molar-refractivity contribution in [2.75, 3.05) is 6.54 Å². The Morgan fingerprint density at radius 3 is 2.52 bits per heavy atom. The second-order valence-electron chi connectivity index (χ2n) is 6.48. The van der Waals surface area contributed by atoms with Crippen LogP contribution in [-0.2, 0) is 9.59 Å². The van der Waals surface area contributed by atoms with Crippen LogP contribution in [0.1, 0.15) is 34.2 Å². The van der Waals surface area contributed by atoms with Gasteiger partial charge in [0.25, 0.3) is 11.8 Å². The monoisotopic (exact) mass is 414 g/mol. The molecule has 1 N–H and O–H groups in total. The lowest BCUT2D eigenvalue weighted by Gasteiger charge is -2.24. The fourth-order valence-corrected chi connectivity index (χ4v) is 3.47. The number of barbiturate groups is 1. The Labute approximate surface area is 171 Å². The molecular formula is C20H17ClN3O5-. The lowest BCUT2D eigenvalue weighted by Crippen LogP contribution is -2.53. The summed E-state index contributed by atoms with van der Waals surface area (Å²) in [6.07, 6.45) is 1.42. The van der Waals surface area contributed by atoms with Gasteiger partial charge in [0.1, 0.15) is 5.57 Å². The van der Waals surface area contributed by atoms with E-state index in [0.717, 1.165) is 10.6 Å². The highest BCUT2D eigenvalue weighted by atomic mass is 35.5. The van der Waals surface area contributed by atoms with Gasteiger partial charge in [-0.15, -0.1) is 0 Å². The summed E-state index contributed by atoms with van der Waals surface area (Å²) >= 11 is 5.91. The molecule has 0 atom stereocenters. The van der Waals surface area contributed by atoms with Crippen LogP contribution >= 0.6 is 11.6 Å². The number of carboxylic acid groups (broad SMARTS) is 1. The van der Waals surface area contributed by atoms with Gasteiger partial charge in [-0.3, -0.25) is 19.8 Å². The molecule has 0 bridgehead atoms. The highest BCUT2D eigenvalue weighted by Crippen LogP contribution is 2.26. The molecule has 0 spiro atoms. The maximum absolute atomic E-state index is 12.5. The number of carbonyl (C=O) groups is 4. The van der Waals surface area contributed by atoms with Crippen LogP contribution in [0.3, 0.4) is 0 Å². The van der Waals surface area contributed by atoms with E-state index in [1.54, 1.807) is 37.5 Å². The normalized spacial score (nSPS) is 15.8. The highest BCUT2D eigenvalue weighted by molar-refractivity contribution is 6.33. The number of rotatable bonds is 4. The molecule has 1 aliphatic heterocycles. The minimum absolute atomic E-state index is 0.0624. The zero-order valence-electron chi connectivity index (χ0n) is 15.9. The van der Waals surface area contributed by atoms with Crippen molar-refractivity contribution in [3.8, 4) is 5.69 Å². The minimum Gasteiger partial charge on any atom is -0.545 e. The van der Waals surface area contributed by atoms with Gasteiger partial charge in [0.05, 0.1) is 5.97 Å². The number of halogens is 1. The van der Waals surface area contributed by atoms with Crippen LogP contribution in [0, 0.1) is 13.8 Å². The fourth-order valence-electron chi connectivity index (χ4n) is 3.28. The number of benzene rings is 1. The molecule has 0 radical (unpaired) electrons. The van der Waals surface area contributed by atoms with Crippen LogP contribution in [0.15, 0.2) is 29.8 Å². The van der Waals surface area contributed by atoms with Crippen molar-refractivity contribution < 1.29 is 24.3 Å². The highest BCUT2D eigenvalue weighted by Gasteiger charge is 2.34. The van der Waals surface area contributed by atoms with Gasteiger partial charge in [0.2, 0.25) is 0 Å². The number of aryl methyl sites for hydroxylation is 1. The Balaban J connectivity index is 2.09. The summed E-state index contributed by atoms with van der Waals surface area (Å²) in [4.78, 5) is 48.6. The molecule has 2 heterocycles. The molecule has 0 saturated carbocycles. The molecule has 8 nitrogen and oxygen atoms in total. The number of nitrogens with zero attached hydrogens (tertiary/aromatic N) is 2. The molecule has 150 valence electrons. The van der Waals surface area contributed by atoms with E-state index < -0.39 is 23.8 Å². The van der Waals surface area contributed by atoms with Crippen molar-refractivity contribution in [2.45, 2.75) is 20.8 Å². The van der Waals surface area contributed by atoms with Crippen molar-refractivity contribution in [2.24, 2.45) is 0 Å². The molecule has 0 aliphatic carbocycles. The minimum atomic E-state index is -1.39. The summed E-state index contributed by atoms with van der Waals surface area (Å²) < 4.78 is 1.77. The number of urea groups is 1. The number of aromatic carboxylic acids is 1. The average Bonchev–Trinajstić information content (AvgIpc) is 2.92. The van der Waals surface area contributed by atoms with Gasteiger partial charge in [0.15, 0.2) is 0 Å². The summed E-state index contributed by atoms with van der Waals surface area (Å²) in [6, 6.07) is 5.51. The number of amides is 4. The van der Waals surface area contributed by atoms with Crippen molar-refractivity contribution in [3.63, 3.8) is 0 Å². The number of aromatic nitrogens is 1. The lowest BCUT2D eigenvalue weighted by atomic mass is 10.1. The molecule has 1 aliphatic rings. The van der Waals surface area contributed by atoms with E-state index in [4.69, 9.17) is 11.6 Å². The van der Waals surface area contributed by atoms with Crippen molar-refractivity contribution in [3.05, 3.63) is 57.4 Å². The Morgan fingerprint density at radius 2 is 1.90 bits per heavy atom. The summed E-state index contributed by atoms with van der Waals surface area (Å²) in [5.74, 6) is -2.83. The number of likely N-dealkylation sites (N-methyl/N-ethyl adjacent to an activating group) is 1. The second kappa shape index (κ2) is 7.56. The van der Waals surface area contributed by atoms with Crippen LogP contribution in [0.5, 0.6) is 0 Å². The standard InChI is InChI=1S/C20H18ClN3O5/c1-4-23-18(26)15(17(25)22-20(23)29)8-12-7-10(2)24(11(12)3)13-5-6-16(21)14(9-13)19(27)28/h5-9H,4H2,1-3H3,(H,27,28)(H,22,25,29)/p-1/b15-8+. The van der Waals surface area contributed by atoms with Gasteiger partial charge in [-0.1, -0.05) is 11.6 Å². The summed E-state index contributed by atoms with van der Waals surface area (Å²) in [6.45, 7) is 5.32. The Kier molecular flexibility index (Phi) is 5.30. The second-order valence-corrected chi connectivity index (χ2v) is 6.89. The first-order valence-electron chi connectivity index (χ1n) is 8.74. The SMILES string of the molecule is CCN1C(=O)NC(=O)/C(=C\c2cc(C)n(-c3ccc(Cl)c(C(=O)[O-])c3)c2C)C1=O. The van der Waals surface area contributed by atoms with Gasteiger partial charge in [-0.2, -0.15) is 0 Å². The maximum atomic E-state index is 12.5. The quantitative estimate of drug-likeness (QED) is 0.603. The smallest absolute Gasteiger partial charge is 0.331 e. The van der Waals surface area contributed by atoms with Crippen LogP contribution in [-0.4, -0.2) is 39.8 Å². The van der Waals surface area contributed by atoms with Crippen molar-refractivity contribution in [1.82, 2.24) is 14.8 Å². The van der Waals surface area contributed by atoms with Gasteiger partial charge in [0, 0.05) is 34.2 Å². The topological polar surface area (TPSA) is 112 Å². The number of hydrogen-bond donors (Lipinski definition) is 1. The molecule has 9 heteroatoms. The predicted octanol–water partition coefficient (Wildman–Crippen LogP) is 1.59. The first-order chi connectivity index (χ1) is 13.6. The zero-order valence-corrected chi connectivity index (χ0v) is 16.7. The van der Waals surface area contributed by atoms with Crippen molar-refractivity contribution >= 4 is 41.5 Å². The van der Waals surface area contributed by atoms with E-state index in [0.29, 0.717) is 16.9 Å². The lowest BCUT2D eigenvalue weighted by molar-refractivity contribution is -0.255. The Hall–Kier alpha value is -3.39. The van der Waals surface area contributed by atoms with E-state index in [2.05, 4.69) is 5.32 Å². The molecule has 29 heavy (non-hydrogen) atoms. The number of carboxylic acids is 1. The molecule has 1 fully saturated rings. The summed E-state index contributed by atoms with van der Waals surface area (Å²) in [7, 11) is 0. The Morgan fingerprint density at radius 1 is 1.21 bits per heavy atom. The Bertz CT molecular complexity index is 1100. The summed E-state index contributed by atoms with van der Waals surface area (Å²) in [5.41, 5.74) is 2.23. The van der Waals surface area contributed by atoms with E-state index in [-0.39, 0.29) is 22.7 Å². The van der Waals surface area contributed by atoms with E-state index in [1.165, 1.54) is 18.2 Å². The van der Waals surface area contributed by atoms with Gasteiger partial charge in [-0.25, -0.2) is 4.79 Å². The van der Waals surface area contributed by atoms with Gasteiger partial charge in [-0.05, 0) is 56.7 Å². The zero-order chi connectivity index (χ0) is 21.5. The molecule has 3 rings (SSSR count). The molecular weight excluding hydrogens is 398 g/mol. The molecule has 0 unspecified atom stereocenters. The van der Waals surface area contributed by atoms with Crippen LogP contribution < -0.4 is 10.4 Å². The molecule has 2 aromatic rings. The van der Waals surface area contributed by atoms with E-state index >= 15 is 0 Å². The predicted molar refractivity (Wildman–Crippen MR) is 103 cm³/mol. The first kappa shape index (κ1) is 20.3. The maximum Gasteiger partial charge on any atom is 0.331 e. The summed E-state index contributed by atoms with van der Waals surface area (Å²) in [5, 5.41) is 13.5. The molecule has 1 saturated heterocycles. The number of carbonyl (C=O) groups excluding carboxylic acids is 4. The third-order valence-electron chi connectivity index (χ3n) is 4.70. The van der Waals surface area contributed by atoms with E-state index in [1.807, 2.05) is 0 Å². The number of imide groups is 2. The molecule has 4 amide bonds. The third kappa shape index (κ3) is 3.54. The van der Waals surface area contributed by atoms with Gasteiger partial charge >= 0.3 is 6.03 Å². The fraction of sp³-hybridized carbons (Fsp3) is 0.200. The van der Waals surface area contributed by atoms with Crippen LogP contribution in [0.25, 0.3) is 11.8 Å². The average molecular weight is 415 g/mol. The van der Waals surface area contributed by atoms with Crippen molar-refractivity contribution in [1.29, 1.82) is 0 Å². The molecule has 1 aromatic carbocycles. The molecule has 1 aromatic heterocycles. The van der Waals surface area contributed by atoms with Crippen LogP contribution in [0.4, 0.5) is 4.79 Å². The largest absolute Gasteiger partial charge is 0.545 e. The number of hydrogen-bond acceptors (Lipinski definition) is 5.